The van der Waals surface area contributed by atoms with Gasteiger partial charge in [-0.1, -0.05) is 19.1 Å². The van der Waals surface area contributed by atoms with E-state index in [-0.39, 0.29) is 29.4 Å². The van der Waals surface area contributed by atoms with Crippen LogP contribution < -0.4 is 0 Å². The lowest BCUT2D eigenvalue weighted by Crippen LogP contribution is -2.33. The van der Waals surface area contributed by atoms with Gasteiger partial charge in [0.2, 0.25) is 0 Å². The first-order valence-corrected chi connectivity index (χ1v) is 8.21. The fourth-order valence-electron chi connectivity index (χ4n) is 1.75. The van der Waals surface area contributed by atoms with E-state index in [0.29, 0.717) is 0 Å². The second kappa shape index (κ2) is 7.21. The average molecular weight is 313 g/mol. The second-order valence-electron chi connectivity index (χ2n) is 4.37. The van der Waals surface area contributed by atoms with Crippen molar-refractivity contribution in [3.05, 3.63) is 29.8 Å². The molecule has 0 fully saturated rings. The molecule has 0 saturated heterocycles. The molecule has 0 aliphatic rings. The number of benzene rings is 1. The normalized spacial score (nSPS) is 11.0. The number of rotatable bonds is 6. The van der Waals surface area contributed by atoms with E-state index in [1.807, 2.05) is 0 Å². The molecule has 21 heavy (non-hydrogen) atoms. The van der Waals surface area contributed by atoms with E-state index in [2.05, 4.69) is 0 Å². The van der Waals surface area contributed by atoms with Crippen LogP contribution in [0, 0.1) is 0 Å². The van der Waals surface area contributed by atoms with Gasteiger partial charge in [0.15, 0.2) is 9.84 Å². The second-order valence-corrected chi connectivity index (χ2v) is 6.61. The van der Waals surface area contributed by atoms with Crippen LogP contribution in [0.2, 0.25) is 0 Å². The largest absolute Gasteiger partial charge is 0.465 e. The zero-order valence-electron chi connectivity index (χ0n) is 12.3. The molecule has 0 aliphatic heterocycles. The molecule has 0 spiro atoms. The van der Waals surface area contributed by atoms with Crippen LogP contribution in [0.5, 0.6) is 0 Å². The van der Waals surface area contributed by atoms with E-state index >= 15 is 0 Å². The highest BCUT2D eigenvalue weighted by atomic mass is 32.2. The summed E-state index contributed by atoms with van der Waals surface area (Å²) in [6.07, 6.45) is 0. The predicted octanol–water partition coefficient (Wildman–Crippen LogP) is 1.12. The van der Waals surface area contributed by atoms with Crippen molar-refractivity contribution in [2.24, 2.45) is 0 Å². The van der Waals surface area contributed by atoms with Gasteiger partial charge < -0.3 is 9.64 Å². The van der Waals surface area contributed by atoms with Gasteiger partial charge >= 0.3 is 5.97 Å². The van der Waals surface area contributed by atoms with Crippen LogP contribution >= 0.6 is 0 Å². The number of ether oxygens (including phenoxy) is 1. The Morgan fingerprint density at radius 3 is 2.38 bits per heavy atom. The molecule has 0 saturated carbocycles. The Kier molecular flexibility index (Phi) is 5.90. The number of likely N-dealkylation sites (N-methyl/N-ethyl adjacent to an activating group) is 1. The maximum Gasteiger partial charge on any atom is 0.325 e. The van der Waals surface area contributed by atoms with Crippen LogP contribution in [0.4, 0.5) is 0 Å². The number of carbonyl (C=O) groups excluding carboxylic acids is 2. The minimum atomic E-state index is -3.51. The monoisotopic (exact) mass is 313 g/mol. The van der Waals surface area contributed by atoms with Crippen LogP contribution in [-0.4, -0.2) is 51.1 Å². The third-order valence-corrected chi connectivity index (χ3v) is 4.64. The molecule has 0 bridgehead atoms. The highest BCUT2D eigenvalue weighted by molar-refractivity contribution is 7.91. The molecule has 1 aromatic rings. The highest BCUT2D eigenvalue weighted by Gasteiger charge is 2.23. The highest BCUT2D eigenvalue weighted by Crippen LogP contribution is 2.18. The van der Waals surface area contributed by atoms with Gasteiger partial charge in [0, 0.05) is 7.05 Å². The summed E-state index contributed by atoms with van der Waals surface area (Å²) in [7, 11) is -2.08. The van der Waals surface area contributed by atoms with E-state index < -0.39 is 21.7 Å². The molecular weight excluding hydrogens is 294 g/mol. The van der Waals surface area contributed by atoms with Gasteiger partial charge in [-0.05, 0) is 19.1 Å². The van der Waals surface area contributed by atoms with Crippen molar-refractivity contribution in [3.63, 3.8) is 0 Å². The minimum absolute atomic E-state index is 0.0202. The molecule has 1 rings (SSSR count). The van der Waals surface area contributed by atoms with Crippen LogP contribution in [-0.2, 0) is 19.4 Å². The van der Waals surface area contributed by atoms with Gasteiger partial charge in [-0.15, -0.1) is 0 Å². The SMILES string of the molecule is CCOC(=O)CN(C)C(=O)c1ccccc1S(=O)(=O)CC. The van der Waals surface area contributed by atoms with Crippen molar-refractivity contribution >= 4 is 21.7 Å². The van der Waals surface area contributed by atoms with Crippen molar-refractivity contribution in [1.82, 2.24) is 4.90 Å². The number of sulfone groups is 1. The Morgan fingerprint density at radius 2 is 1.81 bits per heavy atom. The Balaban J connectivity index is 3.06. The Labute approximate surface area is 124 Å². The smallest absolute Gasteiger partial charge is 0.325 e. The quantitative estimate of drug-likeness (QED) is 0.735. The first kappa shape index (κ1) is 17.2. The fraction of sp³-hybridized carbons (Fsp3) is 0.429. The topological polar surface area (TPSA) is 80.8 Å². The first-order chi connectivity index (χ1) is 9.83. The van der Waals surface area contributed by atoms with Crippen molar-refractivity contribution in [2.75, 3.05) is 26.0 Å². The fourth-order valence-corrected chi connectivity index (χ4v) is 2.84. The van der Waals surface area contributed by atoms with Crippen molar-refractivity contribution < 1.29 is 22.7 Å². The molecular formula is C14H19NO5S. The summed E-state index contributed by atoms with van der Waals surface area (Å²) in [4.78, 5) is 24.8. The maximum absolute atomic E-state index is 12.3. The molecule has 0 aromatic heterocycles. The summed E-state index contributed by atoms with van der Waals surface area (Å²) in [5.74, 6) is -1.17. The number of hydrogen-bond acceptors (Lipinski definition) is 5. The zero-order chi connectivity index (χ0) is 16.0. The number of hydrogen-bond donors (Lipinski definition) is 0. The lowest BCUT2D eigenvalue weighted by molar-refractivity contribution is -0.143. The molecule has 0 heterocycles. The van der Waals surface area contributed by atoms with E-state index in [1.54, 1.807) is 19.1 Å². The Morgan fingerprint density at radius 1 is 1.19 bits per heavy atom. The zero-order valence-corrected chi connectivity index (χ0v) is 13.1. The number of esters is 1. The third kappa shape index (κ3) is 4.29. The van der Waals surface area contributed by atoms with Crippen molar-refractivity contribution in [3.8, 4) is 0 Å². The molecule has 0 N–H and O–H groups in total. The molecule has 0 atom stereocenters. The van der Waals surface area contributed by atoms with Gasteiger partial charge in [-0.25, -0.2) is 8.42 Å². The lowest BCUT2D eigenvalue weighted by atomic mass is 10.2. The summed E-state index contributed by atoms with van der Waals surface area (Å²) in [5, 5.41) is 0. The number of nitrogens with zero attached hydrogens (tertiary/aromatic N) is 1. The van der Waals surface area contributed by atoms with Crippen molar-refractivity contribution in [1.29, 1.82) is 0 Å². The summed E-state index contributed by atoms with van der Waals surface area (Å²) >= 11 is 0. The first-order valence-electron chi connectivity index (χ1n) is 6.56. The van der Waals surface area contributed by atoms with E-state index in [0.717, 1.165) is 4.90 Å². The molecule has 116 valence electrons. The molecule has 1 amide bonds. The summed E-state index contributed by atoms with van der Waals surface area (Å²) in [6.45, 7) is 3.18. The molecule has 0 radical (unpaired) electrons. The maximum atomic E-state index is 12.3. The van der Waals surface area contributed by atoms with Gasteiger partial charge in [0.05, 0.1) is 22.8 Å². The van der Waals surface area contributed by atoms with Crippen LogP contribution in [0.3, 0.4) is 0 Å². The average Bonchev–Trinajstić information content (AvgIpc) is 2.46. The standard InChI is InChI=1S/C14H19NO5S/c1-4-20-13(16)10-15(3)14(17)11-8-6-7-9-12(11)21(18,19)5-2/h6-9H,4-5,10H2,1-3H3. The van der Waals surface area contributed by atoms with Crippen LogP contribution in [0.25, 0.3) is 0 Å². The van der Waals surface area contributed by atoms with Gasteiger partial charge in [0.1, 0.15) is 6.54 Å². The van der Waals surface area contributed by atoms with Crippen molar-refractivity contribution in [2.45, 2.75) is 18.7 Å². The number of amides is 1. The molecule has 7 heteroatoms. The number of carbonyl (C=O) groups is 2. The molecule has 0 aliphatic carbocycles. The lowest BCUT2D eigenvalue weighted by Gasteiger charge is -2.18. The van der Waals surface area contributed by atoms with E-state index in [4.69, 9.17) is 4.74 Å². The van der Waals surface area contributed by atoms with E-state index in [1.165, 1.54) is 26.1 Å². The predicted molar refractivity (Wildman–Crippen MR) is 77.8 cm³/mol. The van der Waals surface area contributed by atoms with Crippen LogP contribution in [0.1, 0.15) is 24.2 Å². The summed E-state index contributed by atoms with van der Waals surface area (Å²) < 4.78 is 28.8. The molecule has 6 nitrogen and oxygen atoms in total. The Hall–Kier alpha value is -1.89. The summed E-state index contributed by atoms with van der Waals surface area (Å²) in [6, 6.07) is 5.97. The van der Waals surface area contributed by atoms with Gasteiger partial charge in [-0.2, -0.15) is 0 Å². The minimum Gasteiger partial charge on any atom is -0.465 e. The van der Waals surface area contributed by atoms with Gasteiger partial charge in [0.25, 0.3) is 5.91 Å². The summed E-state index contributed by atoms with van der Waals surface area (Å²) in [5.41, 5.74) is 0.0612. The molecule has 1 aromatic carbocycles. The third-order valence-electron chi connectivity index (χ3n) is 2.85. The van der Waals surface area contributed by atoms with Gasteiger partial charge in [-0.3, -0.25) is 9.59 Å². The van der Waals surface area contributed by atoms with Crippen LogP contribution in [0.15, 0.2) is 29.2 Å². The Bertz CT molecular complexity index is 624. The molecule has 0 unspecified atom stereocenters. The van der Waals surface area contributed by atoms with E-state index in [9.17, 15) is 18.0 Å².